The minimum absolute atomic E-state index is 0.0527. The predicted octanol–water partition coefficient (Wildman–Crippen LogP) is 2.08. The number of hydrogen-bond donors (Lipinski definition) is 2. The average molecular weight is 319 g/mol. The summed E-state index contributed by atoms with van der Waals surface area (Å²) in [4.78, 5) is 25.6. The van der Waals surface area contributed by atoms with Gasteiger partial charge in [0.05, 0.1) is 12.2 Å². The Morgan fingerprint density at radius 3 is 2.43 bits per heavy atom. The molecule has 2 rings (SSSR count). The Hall–Kier alpha value is -2.08. The Kier molecular flexibility index (Phi) is 5.60. The molecular weight excluding hydrogens is 294 g/mol. The second kappa shape index (κ2) is 7.46. The molecule has 3 atom stereocenters. The highest BCUT2D eigenvalue weighted by atomic mass is 16.5. The molecule has 6 nitrogen and oxygen atoms in total. The Bertz CT molecular complexity index is 566. The Labute approximate surface area is 137 Å². The van der Waals surface area contributed by atoms with Crippen molar-refractivity contribution in [1.82, 2.24) is 4.90 Å². The summed E-state index contributed by atoms with van der Waals surface area (Å²) in [7, 11) is 0. The maximum absolute atomic E-state index is 12.6. The van der Waals surface area contributed by atoms with E-state index < -0.39 is 0 Å². The highest BCUT2D eigenvalue weighted by Crippen LogP contribution is 2.17. The monoisotopic (exact) mass is 319 g/mol. The number of morpholine rings is 1. The van der Waals surface area contributed by atoms with Gasteiger partial charge in [-0.25, -0.2) is 0 Å². The number of nitrogens with zero attached hydrogens (tertiary/aromatic N) is 1. The first-order valence-electron chi connectivity index (χ1n) is 7.93. The Balaban J connectivity index is 1.99. The van der Waals surface area contributed by atoms with Crippen LogP contribution in [0.5, 0.6) is 0 Å². The molecule has 23 heavy (non-hydrogen) atoms. The zero-order chi connectivity index (χ0) is 17.0. The largest absolute Gasteiger partial charge is 0.374 e. The molecule has 0 saturated carbocycles. The van der Waals surface area contributed by atoms with E-state index >= 15 is 0 Å². The number of amides is 2. The molecule has 0 spiro atoms. The first kappa shape index (κ1) is 17.3. The zero-order valence-electron chi connectivity index (χ0n) is 14.1. The van der Waals surface area contributed by atoms with Gasteiger partial charge in [-0.15, -0.1) is 0 Å². The van der Waals surface area contributed by atoms with Crippen LogP contribution in [0.1, 0.15) is 27.7 Å². The summed E-state index contributed by atoms with van der Waals surface area (Å²) in [6.45, 7) is 8.49. The molecule has 0 aromatic heterocycles. The third kappa shape index (κ3) is 4.96. The van der Waals surface area contributed by atoms with Gasteiger partial charge in [0, 0.05) is 31.4 Å². The van der Waals surface area contributed by atoms with E-state index in [9.17, 15) is 9.59 Å². The quantitative estimate of drug-likeness (QED) is 0.891. The molecule has 2 N–H and O–H groups in total. The predicted molar refractivity (Wildman–Crippen MR) is 90.4 cm³/mol. The van der Waals surface area contributed by atoms with Crippen LogP contribution < -0.4 is 10.6 Å². The van der Waals surface area contributed by atoms with E-state index in [0.717, 1.165) is 5.69 Å². The topological polar surface area (TPSA) is 70.7 Å². The number of nitrogens with one attached hydrogen (secondary N) is 2. The SMILES string of the molecule is CC(=O)Nc1cccc(N[C@H](C)C(=O)N2C[C@H](C)O[C@@H](C)C2)c1. The van der Waals surface area contributed by atoms with Crippen LogP contribution in [0.15, 0.2) is 24.3 Å². The molecule has 1 fully saturated rings. The van der Waals surface area contributed by atoms with E-state index in [1.165, 1.54) is 6.92 Å². The molecule has 0 radical (unpaired) electrons. The van der Waals surface area contributed by atoms with E-state index in [-0.39, 0.29) is 30.1 Å². The van der Waals surface area contributed by atoms with Crippen LogP contribution >= 0.6 is 0 Å². The lowest BCUT2D eigenvalue weighted by molar-refractivity contribution is -0.143. The van der Waals surface area contributed by atoms with Crippen molar-refractivity contribution in [2.24, 2.45) is 0 Å². The first-order valence-corrected chi connectivity index (χ1v) is 7.93. The van der Waals surface area contributed by atoms with E-state index in [4.69, 9.17) is 4.74 Å². The number of rotatable bonds is 4. The van der Waals surface area contributed by atoms with Crippen LogP contribution in [-0.4, -0.2) is 48.1 Å². The molecule has 0 aliphatic carbocycles. The lowest BCUT2D eigenvalue weighted by atomic mass is 10.2. The smallest absolute Gasteiger partial charge is 0.244 e. The summed E-state index contributed by atoms with van der Waals surface area (Å²) in [6.07, 6.45) is 0.107. The van der Waals surface area contributed by atoms with Gasteiger partial charge in [-0.05, 0) is 39.0 Å². The highest BCUT2D eigenvalue weighted by Gasteiger charge is 2.28. The van der Waals surface area contributed by atoms with Crippen LogP contribution in [0.3, 0.4) is 0 Å². The van der Waals surface area contributed by atoms with E-state index in [2.05, 4.69) is 10.6 Å². The molecule has 6 heteroatoms. The molecule has 1 aromatic rings. The van der Waals surface area contributed by atoms with Crippen LogP contribution in [0.25, 0.3) is 0 Å². The maximum atomic E-state index is 12.6. The number of carbonyl (C=O) groups is 2. The van der Waals surface area contributed by atoms with E-state index in [0.29, 0.717) is 18.8 Å². The molecule has 1 aliphatic heterocycles. The summed E-state index contributed by atoms with van der Waals surface area (Å²) in [5.41, 5.74) is 1.50. The van der Waals surface area contributed by atoms with Gasteiger partial charge in [0.1, 0.15) is 6.04 Å². The van der Waals surface area contributed by atoms with Crippen molar-refractivity contribution < 1.29 is 14.3 Å². The number of anilines is 2. The standard InChI is InChI=1S/C17H25N3O3/c1-11-9-20(10-12(2)23-11)17(22)13(3)18-15-6-5-7-16(8-15)19-14(4)21/h5-8,11-13,18H,9-10H2,1-4H3,(H,19,21)/t11-,12-,13+/m0/s1. The molecule has 2 amide bonds. The van der Waals surface area contributed by atoms with Gasteiger partial charge in [-0.1, -0.05) is 6.07 Å². The second-order valence-electron chi connectivity index (χ2n) is 6.13. The normalized spacial score (nSPS) is 22.3. The van der Waals surface area contributed by atoms with Gasteiger partial charge in [0.25, 0.3) is 0 Å². The van der Waals surface area contributed by atoms with Crippen molar-refractivity contribution in [3.05, 3.63) is 24.3 Å². The van der Waals surface area contributed by atoms with Crippen LogP contribution in [0.2, 0.25) is 0 Å². The summed E-state index contributed by atoms with van der Waals surface area (Å²) < 4.78 is 5.66. The zero-order valence-corrected chi connectivity index (χ0v) is 14.1. The van der Waals surface area contributed by atoms with E-state index in [1.807, 2.05) is 49.9 Å². The fourth-order valence-corrected chi connectivity index (χ4v) is 2.83. The third-order valence-corrected chi connectivity index (χ3v) is 3.67. The summed E-state index contributed by atoms with van der Waals surface area (Å²) >= 11 is 0. The fourth-order valence-electron chi connectivity index (χ4n) is 2.83. The van der Waals surface area contributed by atoms with Crippen molar-refractivity contribution in [2.75, 3.05) is 23.7 Å². The molecule has 0 bridgehead atoms. The number of benzene rings is 1. The van der Waals surface area contributed by atoms with Gasteiger partial charge in [0.15, 0.2) is 0 Å². The molecular formula is C17H25N3O3. The molecule has 1 saturated heterocycles. The van der Waals surface area contributed by atoms with Gasteiger partial charge >= 0.3 is 0 Å². The lowest BCUT2D eigenvalue weighted by Gasteiger charge is -2.36. The van der Waals surface area contributed by atoms with Crippen LogP contribution in [0, 0.1) is 0 Å². The fraction of sp³-hybridized carbons (Fsp3) is 0.529. The third-order valence-electron chi connectivity index (χ3n) is 3.67. The molecule has 0 unspecified atom stereocenters. The summed E-state index contributed by atoms with van der Waals surface area (Å²) in [6, 6.07) is 6.99. The number of ether oxygens (including phenoxy) is 1. The van der Waals surface area contributed by atoms with Crippen molar-refractivity contribution in [3.63, 3.8) is 0 Å². The summed E-state index contributed by atoms with van der Waals surface area (Å²) in [5.74, 6) is -0.0699. The molecule has 1 heterocycles. The van der Waals surface area contributed by atoms with Gasteiger partial charge in [0.2, 0.25) is 11.8 Å². The van der Waals surface area contributed by atoms with Gasteiger partial charge in [-0.2, -0.15) is 0 Å². The van der Waals surface area contributed by atoms with Crippen molar-refractivity contribution >= 4 is 23.2 Å². The number of carbonyl (C=O) groups excluding carboxylic acids is 2. The summed E-state index contributed by atoms with van der Waals surface area (Å²) in [5, 5.41) is 5.93. The molecule has 1 aliphatic rings. The van der Waals surface area contributed by atoms with Crippen LogP contribution in [-0.2, 0) is 14.3 Å². The van der Waals surface area contributed by atoms with Crippen molar-refractivity contribution in [3.8, 4) is 0 Å². The maximum Gasteiger partial charge on any atom is 0.244 e. The van der Waals surface area contributed by atoms with E-state index in [1.54, 1.807) is 0 Å². The minimum Gasteiger partial charge on any atom is -0.374 e. The van der Waals surface area contributed by atoms with Crippen molar-refractivity contribution in [2.45, 2.75) is 45.9 Å². The second-order valence-corrected chi connectivity index (χ2v) is 6.13. The minimum atomic E-state index is -0.347. The first-order chi connectivity index (χ1) is 10.8. The molecule has 126 valence electrons. The lowest BCUT2D eigenvalue weighted by Crippen LogP contribution is -2.52. The highest BCUT2D eigenvalue weighted by molar-refractivity contribution is 5.89. The molecule has 1 aromatic carbocycles. The van der Waals surface area contributed by atoms with Crippen molar-refractivity contribution in [1.29, 1.82) is 0 Å². The Morgan fingerprint density at radius 1 is 1.22 bits per heavy atom. The Morgan fingerprint density at radius 2 is 1.83 bits per heavy atom. The van der Waals surface area contributed by atoms with Gasteiger partial charge in [-0.3, -0.25) is 9.59 Å². The van der Waals surface area contributed by atoms with Crippen LogP contribution in [0.4, 0.5) is 11.4 Å². The number of hydrogen-bond acceptors (Lipinski definition) is 4. The average Bonchev–Trinajstić information content (AvgIpc) is 2.45. The van der Waals surface area contributed by atoms with Gasteiger partial charge < -0.3 is 20.3 Å².